The van der Waals surface area contributed by atoms with Crippen molar-refractivity contribution in [1.29, 1.82) is 0 Å². The minimum Gasteiger partial charge on any atom is -0.404 e. The largest absolute Gasteiger partial charge is 0.404 e. The molecule has 8 heterocycles. The first-order chi connectivity index (χ1) is 29.6. The Kier molecular flexibility index (Phi) is 4.79. The summed E-state index contributed by atoms with van der Waals surface area (Å²) in [6.45, 7) is 0. The minimum atomic E-state index is -0.633. The van der Waals surface area contributed by atoms with Gasteiger partial charge in [0.1, 0.15) is 16.6 Å². The monoisotopic (exact) mass is 778 g/mol. The Hall–Kier alpha value is -5.42. The SMILES string of the molecule is c1cc2c3c(c1)-n1c4ccccc4c4cc5c6ccccc6n6c5c(c41)C31[n+]3c(cc(C45CC7CC(CC(C7)C4)C5)cc3-c3cc(C45CC7CC(CC(C7)C4)C5)cc-6[n+]31)O2. The maximum absolute atomic E-state index is 7.49. The van der Waals surface area contributed by atoms with E-state index in [1.54, 1.807) is 11.1 Å². The maximum Gasteiger partial charge on any atom is 0.378 e. The molecule has 20 rings (SSSR count). The minimum absolute atomic E-state index is 0.251. The lowest BCUT2D eigenvalue weighted by Crippen LogP contribution is -2.75. The van der Waals surface area contributed by atoms with E-state index in [1.807, 2.05) is 0 Å². The molecule has 0 radical (unpaired) electrons. The fraction of sp³-hybridized carbons (Fsp3) is 0.382. The van der Waals surface area contributed by atoms with Crippen LogP contribution < -0.4 is 13.9 Å². The normalized spacial score (nSPS) is 34.2. The zero-order valence-electron chi connectivity index (χ0n) is 33.9. The van der Waals surface area contributed by atoms with Gasteiger partial charge in [0, 0.05) is 33.7 Å². The van der Waals surface area contributed by atoms with Crippen LogP contribution in [0.4, 0.5) is 0 Å². The van der Waals surface area contributed by atoms with E-state index in [2.05, 4.69) is 115 Å². The van der Waals surface area contributed by atoms with Gasteiger partial charge in [-0.3, -0.25) is 0 Å². The number of benzene rings is 4. The third-order valence-corrected chi connectivity index (χ3v) is 19.3. The number of hydrogen-bond acceptors (Lipinski definition) is 1. The molecule has 1 spiro atoms. The third-order valence-electron chi connectivity index (χ3n) is 19.3. The summed E-state index contributed by atoms with van der Waals surface area (Å²) in [5.74, 6) is 8.68. The van der Waals surface area contributed by atoms with E-state index in [1.165, 1.54) is 155 Å². The number of hydrogen-bond donors (Lipinski definition) is 0. The molecule has 0 N–H and O–H groups in total. The number of para-hydroxylation sites is 2. The van der Waals surface area contributed by atoms with Gasteiger partial charge in [-0.2, -0.15) is 4.57 Å². The van der Waals surface area contributed by atoms with E-state index >= 15 is 0 Å². The van der Waals surface area contributed by atoms with Gasteiger partial charge < -0.3 is 9.30 Å². The van der Waals surface area contributed by atoms with Gasteiger partial charge >= 0.3 is 11.5 Å². The molecule has 60 heavy (non-hydrogen) atoms. The van der Waals surface area contributed by atoms with Gasteiger partial charge in [0.25, 0.3) is 11.5 Å². The van der Waals surface area contributed by atoms with E-state index in [9.17, 15) is 0 Å². The molecular formula is C55H46N4O+2. The lowest BCUT2D eigenvalue weighted by molar-refractivity contribution is -0.938. The molecule has 0 amide bonds. The lowest BCUT2D eigenvalue weighted by Gasteiger charge is -2.57. The van der Waals surface area contributed by atoms with Crippen molar-refractivity contribution in [3.05, 3.63) is 119 Å². The predicted octanol–water partition coefficient (Wildman–Crippen LogP) is 11.4. The number of ether oxygens (including phenoxy) is 1. The van der Waals surface area contributed by atoms with Crippen LogP contribution in [-0.2, 0) is 16.5 Å². The standard InChI is InChI=1S/C55H46N4O/c1-3-8-41-37(6-1)39-22-40-38-7-2-4-9-42(38)57-47-20-35(53-23-29-12-30(24-53)14-31(13-29)25-53)18-44-45-19-36(54-26-32-15-33(27-54)17-34(16-32)28-54)21-48-59(45)55(58(44)47)49-43(10-5-11-46(49)60-48)56(41)51(39)50(55)52(40)57/h1-11,18-22,29-34H,12-17,23-28H2/q+2. The Labute approximate surface area is 348 Å². The van der Waals surface area contributed by atoms with E-state index in [0.29, 0.717) is 0 Å². The van der Waals surface area contributed by atoms with Crippen LogP contribution in [0.5, 0.6) is 11.6 Å². The Morgan fingerprint density at radius 3 is 1.63 bits per heavy atom. The molecule has 8 saturated carbocycles. The Morgan fingerprint density at radius 1 is 0.483 bits per heavy atom. The van der Waals surface area contributed by atoms with Gasteiger partial charge in [-0.15, -0.1) is 9.13 Å². The van der Waals surface area contributed by atoms with Crippen molar-refractivity contribution in [2.24, 2.45) is 35.5 Å². The number of nitrogens with zero attached hydrogens (tertiary/aromatic N) is 4. The molecular weight excluding hydrogens is 733 g/mol. The van der Waals surface area contributed by atoms with E-state index in [-0.39, 0.29) is 10.8 Å². The molecule has 8 fully saturated rings. The second-order valence-electron chi connectivity index (χ2n) is 22.2. The molecule has 5 nitrogen and oxygen atoms in total. The second kappa shape index (κ2) is 9.39. The summed E-state index contributed by atoms with van der Waals surface area (Å²) in [4.78, 5) is 0. The highest BCUT2D eigenvalue weighted by Gasteiger charge is 2.72. The molecule has 8 bridgehead atoms. The van der Waals surface area contributed by atoms with Crippen molar-refractivity contribution in [3.63, 3.8) is 0 Å². The van der Waals surface area contributed by atoms with Gasteiger partial charge in [0.15, 0.2) is 11.3 Å². The van der Waals surface area contributed by atoms with E-state index in [0.717, 1.165) is 47.1 Å². The number of pyridine rings is 2. The maximum atomic E-state index is 7.49. The Bertz CT molecular complexity index is 3380. The van der Waals surface area contributed by atoms with Gasteiger partial charge in [-0.1, -0.05) is 36.4 Å². The van der Waals surface area contributed by atoms with Crippen molar-refractivity contribution in [1.82, 2.24) is 9.13 Å². The molecule has 8 aliphatic carbocycles. The summed E-state index contributed by atoms with van der Waals surface area (Å²) in [5, 5.41) is 5.39. The molecule has 8 aromatic rings. The fourth-order valence-corrected chi connectivity index (χ4v) is 18.3. The first kappa shape index (κ1) is 30.6. The molecule has 5 heteroatoms. The van der Waals surface area contributed by atoms with Crippen molar-refractivity contribution in [3.8, 4) is 34.5 Å². The van der Waals surface area contributed by atoms with Gasteiger partial charge in [0.2, 0.25) is 5.69 Å². The van der Waals surface area contributed by atoms with Crippen LogP contribution in [0.25, 0.3) is 66.5 Å². The molecule has 1 unspecified atom stereocenters. The summed E-state index contributed by atoms with van der Waals surface area (Å²) >= 11 is 0. The summed E-state index contributed by atoms with van der Waals surface area (Å²) in [6.07, 6.45) is 16.9. The highest BCUT2D eigenvalue weighted by atomic mass is 16.5. The molecule has 4 aliphatic heterocycles. The van der Waals surface area contributed by atoms with E-state index < -0.39 is 5.66 Å². The number of aromatic nitrogens is 4. The highest BCUT2D eigenvalue weighted by Crippen LogP contribution is 2.65. The average molecular weight is 779 g/mol. The van der Waals surface area contributed by atoms with Crippen molar-refractivity contribution in [2.75, 3.05) is 0 Å². The summed E-state index contributed by atoms with van der Waals surface area (Å²) < 4.78 is 18.4. The Morgan fingerprint density at radius 2 is 1.02 bits per heavy atom. The summed E-state index contributed by atoms with van der Waals surface area (Å²) in [7, 11) is 0. The topological polar surface area (TPSA) is 26.8 Å². The zero-order valence-corrected chi connectivity index (χ0v) is 33.9. The quantitative estimate of drug-likeness (QED) is 0.161. The molecule has 1 atom stereocenters. The predicted molar refractivity (Wildman–Crippen MR) is 232 cm³/mol. The van der Waals surface area contributed by atoms with Crippen LogP contribution in [0, 0.1) is 35.5 Å². The first-order valence-corrected chi connectivity index (χ1v) is 23.6. The van der Waals surface area contributed by atoms with Gasteiger partial charge in [-0.25, -0.2) is 0 Å². The lowest BCUT2D eigenvalue weighted by atomic mass is 9.48. The summed E-state index contributed by atoms with van der Waals surface area (Å²) in [6, 6.07) is 38.8. The van der Waals surface area contributed by atoms with Crippen LogP contribution in [0.3, 0.4) is 0 Å². The highest BCUT2D eigenvalue weighted by molar-refractivity contribution is 6.22. The van der Waals surface area contributed by atoms with Crippen LogP contribution in [0.15, 0.2) is 97.1 Å². The molecule has 4 aromatic carbocycles. The second-order valence-corrected chi connectivity index (χ2v) is 22.2. The van der Waals surface area contributed by atoms with Crippen molar-refractivity contribution < 1.29 is 13.9 Å². The van der Waals surface area contributed by atoms with Gasteiger partial charge in [-0.05, 0) is 177 Å². The van der Waals surface area contributed by atoms with Crippen LogP contribution >= 0.6 is 0 Å². The van der Waals surface area contributed by atoms with Crippen LogP contribution in [0.1, 0.15) is 99.3 Å². The smallest absolute Gasteiger partial charge is 0.378 e. The first-order valence-electron chi connectivity index (χ1n) is 23.6. The Balaban J connectivity index is 1.06. The van der Waals surface area contributed by atoms with Crippen molar-refractivity contribution >= 4 is 43.6 Å². The van der Waals surface area contributed by atoms with Crippen LogP contribution in [-0.4, -0.2) is 9.13 Å². The molecule has 12 aliphatic rings. The zero-order chi connectivity index (χ0) is 38.2. The number of rotatable bonds is 2. The van der Waals surface area contributed by atoms with E-state index in [4.69, 9.17) is 4.74 Å². The molecule has 290 valence electrons. The van der Waals surface area contributed by atoms with Crippen LogP contribution in [0.2, 0.25) is 0 Å². The number of fused-ring (bicyclic) bond motifs is 9. The molecule has 0 saturated heterocycles. The molecule has 4 aromatic heterocycles. The van der Waals surface area contributed by atoms with Gasteiger partial charge in [0.05, 0.1) is 22.8 Å². The van der Waals surface area contributed by atoms with Crippen molar-refractivity contribution in [2.45, 2.75) is 93.5 Å². The summed E-state index contributed by atoms with van der Waals surface area (Å²) in [5.41, 5.74) is 15.1. The fourth-order valence-electron chi connectivity index (χ4n) is 18.3. The third kappa shape index (κ3) is 3.10. The average Bonchev–Trinajstić information content (AvgIpc) is 3.87.